The Morgan fingerprint density at radius 1 is 1.16 bits per heavy atom. The summed E-state index contributed by atoms with van der Waals surface area (Å²) in [7, 11) is 1.63. The second-order valence-electron chi connectivity index (χ2n) is 12.4. The maximum atomic E-state index is 13.2. The lowest BCUT2D eigenvalue weighted by Crippen LogP contribution is -2.43. The van der Waals surface area contributed by atoms with Crippen molar-refractivity contribution >= 4 is 11.9 Å². The van der Waals surface area contributed by atoms with Crippen LogP contribution in [-0.2, 0) is 31.0 Å². The van der Waals surface area contributed by atoms with Crippen molar-refractivity contribution in [2.75, 3.05) is 20.2 Å². The predicted octanol–water partition coefficient (Wildman–Crippen LogP) is 3.91. The zero-order chi connectivity index (χ0) is 27.2. The van der Waals surface area contributed by atoms with Crippen LogP contribution in [0.2, 0.25) is 0 Å². The van der Waals surface area contributed by atoms with Gasteiger partial charge < -0.3 is 24.1 Å². The lowest BCUT2D eigenvalue weighted by Gasteiger charge is -2.36. The van der Waals surface area contributed by atoms with E-state index in [1.807, 2.05) is 53.7 Å². The van der Waals surface area contributed by atoms with Gasteiger partial charge in [-0.2, -0.15) is 0 Å². The van der Waals surface area contributed by atoms with E-state index in [1.165, 1.54) is 0 Å². The number of benzene rings is 1. The average molecular weight is 516 g/mol. The Morgan fingerprint density at radius 2 is 1.86 bits per heavy atom. The molecular weight excluding hydrogens is 474 g/mol. The third-order valence-corrected chi connectivity index (χ3v) is 7.09. The fraction of sp³-hybridized carbons (Fsp3) is 0.655. The van der Waals surface area contributed by atoms with Crippen molar-refractivity contribution in [2.24, 2.45) is 5.92 Å². The zero-order valence-electron chi connectivity index (χ0n) is 23.1. The van der Waals surface area contributed by atoms with E-state index in [2.05, 4.69) is 17.0 Å². The fourth-order valence-electron chi connectivity index (χ4n) is 5.65. The van der Waals surface area contributed by atoms with Gasteiger partial charge in [-0.1, -0.05) is 18.2 Å². The third kappa shape index (κ3) is 5.96. The second-order valence-corrected chi connectivity index (χ2v) is 12.4. The topological polar surface area (TPSA) is 94.5 Å². The monoisotopic (exact) mass is 515 g/mol. The van der Waals surface area contributed by atoms with Gasteiger partial charge in [-0.3, -0.25) is 14.5 Å². The number of nitrogens with zero attached hydrogens (tertiary/aromatic N) is 1. The molecule has 3 aliphatic rings. The molecule has 8 heteroatoms. The van der Waals surface area contributed by atoms with E-state index in [9.17, 15) is 14.7 Å². The molecule has 0 aromatic heterocycles. The molecule has 204 valence electrons. The van der Waals surface area contributed by atoms with E-state index in [-0.39, 0.29) is 17.9 Å². The van der Waals surface area contributed by atoms with Crippen molar-refractivity contribution < 1.29 is 33.6 Å². The Morgan fingerprint density at radius 3 is 2.51 bits per heavy atom. The minimum absolute atomic E-state index is 0.0492. The molecule has 0 radical (unpaired) electrons. The van der Waals surface area contributed by atoms with Crippen LogP contribution in [0.3, 0.4) is 0 Å². The van der Waals surface area contributed by atoms with Crippen molar-refractivity contribution in [3.05, 3.63) is 35.4 Å². The molecule has 2 aliphatic heterocycles. The van der Waals surface area contributed by atoms with Crippen LogP contribution in [-0.4, -0.2) is 65.6 Å². The maximum absolute atomic E-state index is 13.2. The van der Waals surface area contributed by atoms with Crippen LogP contribution < -0.4 is 9.47 Å². The molecule has 0 saturated carbocycles. The normalized spacial score (nSPS) is 25.8. The van der Waals surface area contributed by atoms with Crippen LogP contribution in [0.4, 0.5) is 0 Å². The molecule has 4 rings (SSSR count). The van der Waals surface area contributed by atoms with E-state index in [0.29, 0.717) is 31.8 Å². The van der Waals surface area contributed by atoms with E-state index >= 15 is 0 Å². The molecule has 0 bridgehead atoms. The molecule has 1 spiro atoms. The summed E-state index contributed by atoms with van der Waals surface area (Å²) in [6.45, 7) is 12.6. The lowest BCUT2D eigenvalue weighted by atomic mass is 9.69. The molecule has 0 fully saturated rings. The van der Waals surface area contributed by atoms with Gasteiger partial charge in [-0.25, -0.2) is 0 Å². The van der Waals surface area contributed by atoms with E-state index in [4.69, 9.17) is 18.9 Å². The molecule has 1 aromatic rings. The van der Waals surface area contributed by atoms with Crippen LogP contribution in [0.1, 0.15) is 71.9 Å². The summed E-state index contributed by atoms with van der Waals surface area (Å²) < 4.78 is 23.2. The number of carbonyl (C=O) groups is 2. The van der Waals surface area contributed by atoms with Crippen molar-refractivity contribution in [3.63, 3.8) is 0 Å². The molecule has 0 amide bonds. The summed E-state index contributed by atoms with van der Waals surface area (Å²) in [5, 5.41) is 10.3. The Labute approximate surface area is 219 Å². The van der Waals surface area contributed by atoms with Crippen LogP contribution in [0.25, 0.3) is 0 Å². The summed E-state index contributed by atoms with van der Waals surface area (Å²) >= 11 is 0. The van der Waals surface area contributed by atoms with Crippen LogP contribution in [0, 0.1) is 5.92 Å². The number of hydrogen-bond donors (Lipinski definition) is 1. The quantitative estimate of drug-likeness (QED) is 0.450. The number of ether oxygens (including phenoxy) is 4. The van der Waals surface area contributed by atoms with Crippen molar-refractivity contribution in [1.29, 1.82) is 0 Å². The van der Waals surface area contributed by atoms with E-state index in [0.717, 1.165) is 23.3 Å². The fourth-order valence-corrected chi connectivity index (χ4v) is 5.65. The largest absolute Gasteiger partial charge is 0.493 e. The summed E-state index contributed by atoms with van der Waals surface area (Å²) in [6.07, 6.45) is 4.42. The number of aliphatic hydroxyl groups excluding tert-OH is 1. The van der Waals surface area contributed by atoms with Crippen LogP contribution in [0.15, 0.2) is 24.3 Å². The van der Waals surface area contributed by atoms with Gasteiger partial charge in [0.2, 0.25) is 0 Å². The number of methoxy groups -OCH3 is 1. The molecule has 1 aliphatic carbocycles. The summed E-state index contributed by atoms with van der Waals surface area (Å²) in [5.74, 6) is -0.0609. The maximum Gasteiger partial charge on any atom is 0.311 e. The molecular formula is C29H41NO7. The Balaban J connectivity index is 1.63. The van der Waals surface area contributed by atoms with Gasteiger partial charge in [0, 0.05) is 25.1 Å². The molecule has 8 nitrogen and oxygen atoms in total. The van der Waals surface area contributed by atoms with Gasteiger partial charge in [-0.15, -0.1) is 0 Å². The highest BCUT2D eigenvalue weighted by atomic mass is 16.6. The molecule has 3 unspecified atom stereocenters. The second kappa shape index (κ2) is 9.95. The summed E-state index contributed by atoms with van der Waals surface area (Å²) in [5.41, 5.74) is 0.520. The van der Waals surface area contributed by atoms with E-state index < -0.39 is 35.2 Å². The van der Waals surface area contributed by atoms with Crippen molar-refractivity contribution in [3.8, 4) is 11.5 Å². The van der Waals surface area contributed by atoms with Gasteiger partial charge in [-0.05, 0) is 66.1 Å². The first-order chi connectivity index (χ1) is 17.2. The van der Waals surface area contributed by atoms with Crippen LogP contribution in [0.5, 0.6) is 11.5 Å². The van der Waals surface area contributed by atoms with Gasteiger partial charge >= 0.3 is 11.9 Å². The lowest BCUT2D eigenvalue weighted by molar-refractivity contribution is -0.168. The molecule has 0 saturated heterocycles. The molecule has 1 N–H and O–H groups in total. The van der Waals surface area contributed by atoms with Crippen LogP contribution >= 0.6 is 0 Å². The minimum atomic E-state index is -0.664. The van der Waals surface area contributed by atoms with Crippen molar-refractivity contribution in [2.45, 2.75) is 96.2 Å². The Hall–Kier alpha value is -2.58. The highest BCUT2D eigenvalue weighted by Gasteiger charge is 2.53. The molecule has 37 heavy (non-hydrogen) atoms. The number of aliphatic hydroxyl groups is 1. The number of esters is 2. The summed E-state index contributed by atoms with van der Waals surface area (Å²) in [4.78, 5) is 28.2. The van der Waals surface area contributed by atoms with Gasteiger partial charge in [0.15, 0.2) is 11.5 Å². The Kier molecular flexibility index (Phi) is 7.38. The number of hydrogen-bond acceptors (Lipinski definition) is 8. The smallest absolute Gasteiger partial charge is 0.311 e. The highest BCUT2D eigenvalue weighted by molar-refractivity contribution is 5.80. The SMILES string of the molecule is COc1ccc2c3c1OC1C[C@@H](O)C=CC31CCN(CC(CC(=O)OC(C)(C)C)C(=O)OC(C)(C)C)C2. The Bertz CT molecular complexity index is 1070. The first kappa shape index (κ1) is 27.5. The van der Waals surface area contributed by atoms with Crippen molar-refractivity contribution in [1.82, 2.24) is 4.90 Å². The van der Waals surface area contributed by atoms with Gasteiger partial charge in [0.25, 0.3) is 0 Å². The standard InChI is InChI=1S/C29H41NO7/c1-27(2,3)36-23(32)14-19(26(33)37-28(4,5)6)17-30-13-12-29-11-10-20(31)15-22(29)35-25-21(34-7)9-8-18(16-30)24(25)29/h8-11,19-20,22,31H,12-17H2,1-7H3/t19?,20-,22?,29?/m0/s1. The first-order valence-corrected chi connectivity index (χ1v) is 13.1. The average Bonchev–Trinajstić information content (AvgIpc) is 3.00. The number of rotatable bonds is 6. The highest BCUT2D eigenvalue weighted by Crippen LogP contribution is 2.55. The molecule has 2 heterocycles. The first-order valence-electron chi connectivity index (χ1n) is 13.1. The van der Waals surface area contributed by atoms with Gasteiger partial charge in [0.1, 0.15) is 17.3 Å². The zero-order valence-corrected chi connectivity index (χ0v) is 23.1. The third-order valence-electron chi connectivity index (χ3n) is 7.09. The molecule has 1 aromatic carbocycles. The minimum Gasteiger partial charge on any atom is -0.493 e. The number of carbonyl (C=O) groups excluding carboxylic acids is 2. The summed E-state index contributed by atoms with van der Waals surface area (Å²) in [6, 6.07) is 3.97. The van der Waals surface area contributed by atoms with Gasteiger partial charge in [0.05, 0.1) is 31.0 Å². The predicted molar refractivity (Wildman–Crippen MR) is 139 cm³/mol. The van der Waals surface area contributed by atoms with E-state index in [1.54, 1.807) is 7.11 Å². The molecule has 4 atom stereocenters.